The SMILES string of the molecule is Cc1ccccc1NC(=O)Nc1ccc(CC(=O)CC2CCC(C)(c3ccccc3)CC2)cc1. The zero-order chi connectivity index (χ0) is 24.0. The fourth-order valence-corrected chi connectivity index (χ4v) is 4.97. The molecule has 1 aliphatic rings. The number of para-hydroxylation sites is 1. The summed E-state index contributed by atoms with van der Waals surface area (Å²) in [5.74, 6) is 0.779. The molecule has 176 valence electrons. The van der Waals surface area contributed by atoms with Crippen molar-refractivity contribution in [1.82, 2.24) is 0 Å². The molecule has 0 atom stereocenters. The summed E-state index contributed by atoms with van der Waals surface area (Å²) in [5, 5.41) is 5.71. The minimum absolute atomic E-state index is 0.231. The molecular formula is C30H34N2O2. The molecule has 2 amide bonds. The largest absolute Gasteiger partial charge is 0.323 e. The number of carbonyl (C=O) groups excluding carboxylic acids is 2. The smallest absolute Gasteiger partial charge is 0.308 e. The topological polar surface area (TPSA) is 58.2 Å². The summed E-state index contributed by atoms with van der Waals surface area (Å²) in [7, 11) is 0. The summed E-state index contributed by atoms with van der Waals surface area (Å²) in [6.07, 6.45) is 5.59. The van der Waals surface area contributed by atoms with Gasteiger partial charge in [-0.1, -0.05) is 67.6 Å². The third-order valence-corrected chi connectivity index (χ3v) is 7.20. The Morgan fingerprint density at radius 2 is 1.50 bits per heavy atom. The summed E-state index contributed by atoms with van der Waals surface area (Å²) in [4.78, 5) is 25.0. The molecule has 1 saturated carbocycles. The predicted molar refractivity (Wildman–Crippen MR) is 139 cm³/mol. The molecule has 4 nitrogen and oxygen atoms in total. The van der Waals surface area contributed by atoms with Crippen molar-refractivity contribution in [2.75, 3.05) is 10.6 Å². The van der Waals surface area contributed by atoms with Gasteiger partial charge in [-0.05, 0) is 78.8 Å². The first-order valence-corrected chi connectivity index (χ1v) is 12.2. The Morgan fingerprint density at radius 3 is 2.18 bits per heavy atom. The zero-order valence-corrected chi connectivity index (χ0v) is 20.1. The maximum atomic E-state index is 12.7. The van der Waals surface area contributed by atoms with Gasteiger partial charge in [-0.2, -0.15) is 0 Å². The van der Waals surface area contributed by atoms with E-state index in [1.165, 1.54) is 5.56 Å². The van der Waals surface area contributed by atoms with Gasteiger partial charge in [-0.3, -0.25) is 4.79 Å². The monoisotopic (exact) mass is 454 g/mol. The van der Waals surface area contributed by atoms with E-state index in [4.69, 9.17) is 0 Å². The van der Waals surface area contributed by atoms with Gasteiger partial charge in [0, 0.05) is 24.2 Å². The van der Waals surface area contributed by atoms with E-state index in [0.717, 1.165) is 42.5 Å². The number of aryl methyl sites for hydroxylation is 1. The molecule has 3 aromatic rings. The van der Waals surface area contributed by atoms with Gasteiger partial charge in [0.05, 0.1) is 0 Å². The van der Waals surface area contributed by atoms with E-state index in [2.05, 4.69) is 47.9 Å². The molecule has 0 bridgehead atoms. The van der Waals surface area contributed by atoms with Crippen molar-refractivity contribution in [3.05, 3.63) is 95.6 Å². The van der Waals surface area contributed by atoms with E-state index in [-0.39, 0.29) is 11.4 Å². The van der Waals surface area contributed by atoms with E-state index in [1.54, 1.807) is 0 Å². The Hall–Kier alpha value is -3.40. The number of ketones is 1. The lowest BCUT2D eigenvalue weighted by atomic mass is 9.67. The van der Waals surface area contributed by atoms with Crippen LogP contribution in [-0.4, -0.2) is 11.8 Å². The van der Waals surface area contributed by atoms with Crippen LogP contribution < -0.4 is 10.6 Å². The molecule has 0 saturated heterocycles. The summed E-state index contributed by atoms with van der Waals surface area (Å²) in [6.45, 7) is 4.31. The van der Waals surface area contributed by atoms with E-state index >= 15 is 0 Å². The normalized spacial score (nSPS) is 19.9. The summed E-state index contributed by atoms with van der Waals surface area (Å²) >= 11 is 0. The van der Waals surface area contributed by atoms with Crippen molar-refractivity contribution < 1.29 is 9.59 Å². The van der Waals surface area contributed by atoms with Crippen LogP contribution in [0.25, 0.3) is 0 Å². The van der Waals surface area contributed by atoms with Gasteiger partial charge >= 0.3 is 6.03 Å². The molecule has 0 radical (unpaired) electrons. The van der Waals surface area contributed by atoms with Crippen molar-refractivity contribution in [2.24, 2.45) is 5.92 Å². The lowest BCUT2D eigenvalue weighted by Gasteiger charge is -2.37. The first kappa shape index (κ1) is 23.7. The van der Waals surface area contributed by atoms with Crippen molar-refractivity contribution in [3.8, 4) is 0 Å². The van der Waals surface area contributed by atoms with E-state index < -0.39 is 0 Å². The highest BCUT2D eigenvalue weighted by Crippen LogP contribution is 2.42. The van der Waals surface area contributed by atoms with Crippen LogP contribution in [0.2, 0.25) is 0 Å². The van der Waals surface area contributed by atoms with Crippen molar-refractivity contribution in [2.45, 2.75) is 57.8 Å². The molecule has 0 spiro atoms. The number of hydrogen-bond acceptors (Lipinski definition) is 2. The molecule has 0 aliphatic heterocycles. The Bertz CT molecular complexity index is 1110. The van der Waals surface area contributed by atoms with Crippen LogP contribution in [0.1, 0.15) is 55.7 Å². The Kier molecular flexibility index (Phi) is 7.46. The van der Waals surface area contributed by atoms with E-state index in [9.17, 15) is 9.59 Å². The van der Waals surface area contributed by atoms with Gasteiger partial charge in [0.2, 0.25) is 0 Å². The van der Waals surface area contributed by atoms with Crippen LogP contribution in [0.5, 0.6) is 0 Å². The number of nitrogens with one attached hydrogen (secondary N) is 2. The first-order valence-electron chi connectivity index (χ1n) is 12.2. The molecule has 0 heterocycles. The molecule has 0 aromatic heterocycles. The van der Waals surface area contributed by atoms with Gasteiger partial charge in [-0.25, -0.2) is 4.79 Å². The highest BCUT2D eigenvalue weighted by molar-refractivity contribution is 6.00. The minimum Gasteiger partial charge on any atom is -0.308 e. The number of amides is 2. The lowest BCUT2D eigenvalue weighted by molar-refractivity contribution is -0.119. The second-order valence-electron chi connectivity index (χ2n) is 9.88. The second kappa shape index (κ2) is 10.7. The van der Waals surface area contributed by atoms with Gasteiger partial charge in [-0.15, -0.1) is 0 Å². The van der Waals surface area contributed by atoms with Crippen LogP contribution in [0.15, 0.2) is 78.9 Å². The molecular weight excluding hydrogens is 420 g/mol. The molecule has 4 rings (SSSR count). The van der Waals surface area contributed by atoms with Crippen LogP contribution in [0.4, 0.5) is 16.2 Å². The molecule has 4 heteroatoms. The Morgan fingerprint density at radius 1 is 0.853 bits per heavy atom. The summed E-state index contributed by atoms with van der Waals surface area (Å²) < 4.78 is 0. The maximum Gasteiger partial charge on any atom is 0.323 e. The maximum absolute atomic E-state index is 12.7. The molecule has 1 fully saturated rings. The second-order valence-corrected chi connectivity index (χ2v) is 9.88. The van der Waals surface area contributed by atoms with Crippen molar-refractivity contribution >= 4 is 23.2 Å². The third kappa shape index (κ3) is 6.13. The van der Waals surface area contributed by atoms with E-state index in [0.29, 0.717) is 30.2 Å². The van der Waals surface area contributed by atoms with Gasteiger partial charge in [0.1, 0.15) is 5.78 Å². The molecule has 1 aliphatic carbocycles. The first-order chi connectivity index (χ1) is 16.4. The fourth-order valence-electron chi connectivity index (χ4n) is 4.97. The molecule has 0 unspecified atom stereocenters. The molecule has 34 heavy (non-hydrogen) atoms. The third-order valence-electron chi connectivity index (χ3n) is 7.20. The highest BCUT2D eigenvalue weighted by atomic mass is 16.2. The average Bonchev–Trinajstić information content (AvgIpc) is 2.84. The molecule has 3 aromatic carbocycles. The van der Waals surface area contributed by atoms with Crippen molar-refractivity contribution in [3.63, 3.8) is 0 Å². The number of benzene rings is 3. The highest BCUT2D eigenvalue weighted by Gasteiger charge is 2.33. The van der Waals surface area contributed by atoms with E-state index in [1.807, 2.05) is 55.5 Å². The molecule has 2 N–H and O–H groups in total. The predicted octanol–water partition coefficient (Wildman–Crippen LogP) is 7.29. The quantitative estimate of drug-likeness (QED) is 0.394. The Labute approximate surface area is 202 Å². The van der Waals surface area contributed by atoms with Gasteiger partial charge in [0.25, 0.3) is 0 Å². The zero-order valence-electron chi connectivity index (χ0n) is 20.1. The average molecular weight is 455 g/mol. The van der Waals surface area contributed by atoms with Crippen LogP contribution in [-0.2, 0) is 16.6 Å². The van der Waals surface area contributed by atoms with Crippen LogP contribution in [0, 0.1) is 12.8 Å². The standard InChI is InChI=1S/C30H34N2O2/c1-22-8-6-7-11-28(22)32-29(34)31-26-14-12-23(13-15-26)20-27(33)21-24-16-18-30(2,19-17-24)25-9-4-3-5-10-25/h3-15,24H,16-21H2,1-2H3,(H2,31,32,34). The summed E-state index contributed by atoms with van der Waals surface area (Å²) in [5.41, 5.74) is 5.13. The Balaban J connectivity index is 1.23. The minimum atomic E-state index is -0.280. The number of urea groups is 1. The van der Waals surface area contributed by atoms with Crippen LogP contribution >= 0.6 is 0 Å². The number of carbonyl (C=O) groups is 2. The number of Topliss-reactive ketones (excluding diaryl/α,β-unsaturated/α-hetero) is 1. The van der Waals surface area contributed by atoms with Gasteiger partial charge < -0.3 is 10.6 Å². The van der Waals surface area contributed by atoms with Crippen molar-refractivity contribution in [1.29, 1.82) is 0 Å². The summed E-state index contributed by atoms with van der Waals surface area (Å²) in [6, 6.07) is 25.7. The van der Waals surface area contributed by atoms with Crippen LogP contribution in [0.3, 0.4) is 0 Å². The fraction of sp³-hybridized carbons (Fsp3) is 0.333. The van der Waals surface area contributed by atoms with Gasteiger partial charge in [0.15, 0.2) is 0 Å². The number of anilines is 2. The number of hydrogen-bond donors (Lipinski definition) is 2. The lowest BCUT2D eigenvalue weighted by Crippen LogP contribution is -2.29. The number of rotatable bonds is 7.